The van der Waals surface area contributed by atoms with Crippen molar-refractivity contribution in [1.82, 2.24) is 0 Å². The third-order valence-corrected chi connectivity index (χ3v) is 11.1. The van der Waals surface area contributed by atoms with Crippen LogP contribution in [0.3, 0.4) is 0 Å². The van der Waals surface area contributed by atoms with E-state index in [2.05, 4.69) is 88.0 Å². The van der Waals surface area contributed by atoms with Gasteiger partial charge in [0, 0.05) is 6.61 Å². The van der Waals surface area contributed by atoms with Crippen molar-refractivity contribution in [3.05, 3.63) is 73.3 Å². The molecule has 3 rings (SSSR count). The molecule has 0 amide bonds. The standard InChI is InChI=1S/C24H32O2Si/c1-5-23(25)22-17-16-19(22)18-26-27(24(2,3)4,20-12-8-6-9-13-20)21-14-10-7-11-15-21/h5-15,19,22-23,25H,1,16-18H2,2-4H3/t19-,22+,23-/m0/s1. The summed E-state index contributed by atoms with van der Waals surface area (Å²) < 4.78 is 6.99. The lowest BCUT2D eigenvalue weighted by Crippen LogP contribution is -2.67. The minimum absolute atomic E-state index is 0.00793. The number of hydrogen-bond acceptors (Lipinski definition) is 2. The van der Waals surface area contributed by atoms with Gasteiger partial charge in [0.15, 0.2) is 0 Å². The average molecular weight is 381 g/mol. The van der Waals surface area contributed by atoms with E-state index in [9.17, 15) is 5.11 Å². The molecule has 0 unspecified atom stereocenters. The van der Waals surface area contributed by atoms with Crippen LogP contribution in [-0.2, 0) is 4.43 Å². The van der Waals surface area contributed by atoms with Gasteiger partial charge in [-0.3, -0.25) is 0 Å². The normalized spacial score (nSPS) is 21.3. The molecule has 3 heteroatoms. The molecular weight excluding hydrogens is 348 g/mol. The van der Waals surface area contributed by atoms with Crippen LogP contribution in [0.2, 0.25) is 5.04 Å². The molecule has 144 valence electrons. The van der Waals surface area contributed by atoms with E-state index in [0.717, 1.165) is 12.8 Å². The summed E-state index contributed by atoms with van der Waals surface area (Å²) in [5.41, 5.74) is 0. The molecule has 1 N–H and O–H groups in total. The van der Waals surface area contributed by atoms with Crippen molar-refractivity contribution < 1.29 is 9.53 Å². The molecule has 1 aliphatic carbocycles. The molecule has 0 radical (unpaired) electrons. The van der Waals surface area contributed by atoms with Gasteiger partial charge in [-0.05, 0) is 40.1 Å². The molecule has 1 fully saturated rings. The minimum Gasteiger partial charge on any atom is -0.407 e. The van der Waals surface area contributed by atoms with Gasteiger partial charge in [0.1, 0.15) is 0 Å². The van der Waals surface area contributed by atoms with Crippen LogP contribution in [0.15, 0.2) is 73.3 Å². The summed E-state index contributed by atoms with van der Waals surface area (Å²) in [5.74, 6) is 0.681. The van der Waals surface area contributed by atoms with E-state index in [0.29, 0.717) is 12.5 Å². The molecule has 2 aromatic carbocycles. The van der Waals surface area contributed by atoms with Crippen molar-refractivity contribution in [2.75, 3.05) is 6.61 Å². The highest BCUT2D eigenvalue weighted by Crippen LogP contribution is 2.41. The van der Waals surface area contributed by atoms with Gasteiger partial charge in [0.2, 0.25) is 0 Å². The highest BCUT2D eigenvalue weighted by atomic mass is 28.4. The van der Waals surface area contributed by atoms with Crippen LogP contribution in [0, 0.1) is 11.8 Å². The maximum atomic E-state index is 10.2. The van der Waals surface area contributed by atoms with E-state index in [1.165, 1.54) is 10.4 Å². The van der Waals surface area contributed by atoms with Gasteiger partial charge in [0.25, 0.3) is 8.32 Å². The van der Waals surface area contributed by atoms with Crippen molar-refractivity contribution in [3.63, 3.8) is 0 Å². The van der Waals surface area contributed by atoms with Crippen LogP contribution in [0.4, 0.5) is 0 Å². The fourth-order valence-corrected chi connectivity index (χ4v) is 9.04. The first-order valence-electron chi connectivity index (χ1n) is 9.96. The lowest BCUT2D eigenvalue weighted by molar-refractivity contribution is 0.0153. The second-order valence-electron chi connectivity index (χ2n) is 8.70. The quantitative estimate of drug-likeness (QED) is 0.578. The number of aliphatic hydroxyl groups is 1. The van der Waals surface area contributed by atoms with Crippen LogP contribution >= 0.6 is 0 Å². The molecule has 0 bridgehead atoms. The molecule has 3 atom stereocenters. The zero-order chi connectivity index (χ0) is 19.5. The maximum Gasteiger partial charge on any atom is 0.261 e. The smallest absolute Gasteiger partial charge is 0.261 e. The Morgan fingerprint density at radius 3 is 1.93 bits per heavy atom. The van der Waals surface area contributed by atoms with Crippen molar-refractivity contribution in [3.8, 4) is 0 Å². The Labute approximate surface area is 165 Å². The first kappa shape index (κ1) is 20.1. The molecular formula is C24H32O2Si. The van der Waals surface area contributed by atoms with Crippen molar-refractivity contribution in [1.29, 1.82) is 0 Å². The Hall–Kier alpha value is -1.68. The summed E-state index contributed by atoms with van der Waals surface area (Å²) in [6.45, 7) is 11.4. The Morgan fingerprint density at radius 1 is 1.04 bits per heavy atom. The average Bonchev–Trinajstić information content (AvgIpc) is 2.64. The molecule has 0 heterocycles. The highest BCUT2D eigenvalue weighted by molar-refractivity contribution is 6.99. The summed E-state index contributed by atoms with van der Waals surface area (Å²) in [7, 11) is -2.48. The van der Waals surface area contributed by atoms with Gasteiger partial charge in [0.05, 0.1) is 6.10 Å². The van der Waals surface area contributed by atoms with Gasteiger partial charge in [-0.15, -0.1) is 6.58 Å². The van der Waals surface area contributed by atoms with Gasteiger partial charge < -0.3 is 9.53 Å². The molecule has 1 saturated carbocycles. The van der Waals surface area contributed by atoms with E-state index in [-0.39, 0.29) is 11.0 Å². The third kappa shape index (κ3) is 3.82. The van der Waals surface area contributed by atoms with E-state index >= 15 is 0 Å². The zero-order valence-corrected chi connectivity index (χ0v) is 17.8. The van der Waals surface area contributed by atoms with Gasteiger partial charge in [-0.2, -0.15) is 0 Å². The monoisotopic (exact) mass is 380 g/mol. The maximum absolute atomic E-state index is 10.2. The van der Waals surface area contributed by atoms with Gasteiger partial charge in [-0.25, -0.2) is 0 Å². The van der Waals surface area contributed by atoms with Crippen LogP contribution in [0.1, 0.15) is 33.6 Å². The lowest BCUT2D eigenvalue weighted by Gasteiger charge is -2.46. The number of benzene rings is 2. The second-order valence-corrected chi connectivity index (χ2v) is 13.0. The molecule has 0 aliphatic heterocycles. The van der Waals surface area contributed by atoms with Crippen LogP contribution in [0.5, 0.6) is 0 Å². The molecule has 2 nitrogen and oxygen atoms in total. The van der Waals surface area contributed by atoms with Gasteiger partial charge in [-0.1, -0.05) is 87.5 Å². The second kappa shape index (κ2) is 8.13. The van der Waals surface area contributed by atoms with Crippen molar-refractivity contribution >= 4 is 18.7 Å². The summed E-state index contributed by atoms with van der Waals surface area (Å²) in [5, 5.41) is 12.8. The first-order valence-corrected chi connectivity index (χ1v) is 11.9. The topological polar surface area (TPSA) is 29.5 Å². The number of aliphatic hydroxyl groups excluding tert-OH is 1. The molecule has 1 aliphatic rings. The van der Waals surface area contributed by atoms with E-state index in [1.807, 2.05) is 0 Å². The SMILES string of the molecule is C=C[C@H](O)[C@@H]1CC[C@H]1CO[Si](c1ccccc1)(c1ccccc1)C(C)(C)C. The lowest BCUT2D eigenvalue weighted by atomic mass is 9.71. The fourth-order valence-electron chi connectivity index (χ4n) is 4.42. The third-order valence-electron chi connectivity index (χ3n) is 6.09. The van der Waals surface area contributed by atoms with Crippen molar-refractivity contribution in [2.24, 2.45) is 11.8 Å². The molecule has 2 aromatic rings. The first-order chi connectivity index (χ1) is 12.9. The molecule has 0 aromatic heterocycles. The predicted octanol–water partition coefficient (Wildman–Crippen LogP) is 4.14. The van der Waals surface area contributed by atoms with E-state index in [4.69, 9.17) is 4.43 Å². The Balaban J connectivity index is 1.98. The molecule has 0 saturated heterocycles. The fraction of sp³-hybridized carbons (Fsp3) is 0.417. The zero-order valence-electron chi connectivity index (χ0n) is 16.8. The summed E-state index contributed by atoms with van der Waals surface area (Å²) in [6, 6.07) is 21.5. The summed E-state index contributed by atoms with van der Waals surface area (Å²) >= 11 is 0. The molecule has 27 heavy (non-hydrogen) atoms. The highest BCUT2D eigenvalue weighted by Gasteiger charge is 2.51. The van der Waals surface area contributed by atoms with E-state index < -0.39 is 14.4 Å². The van der Waals surface area contributed by atoms with Crippen LogP contribution in [0.25, 0.3) is 0 Å². The van der Waals surface area contributed by atoms with Crippen LogP contribution < -0.4 is 10.4 Å². The van der Waals surface area contributed by atoms with Crippen LogP contribution in [-0.4, -0.2) is 26.1 Å². The van der Waals surface area contributed by atoms with E-state index in [1.54, 1.807) is 6.08 Å². The Morgan fingerprint density at radius 2 is 1.56 bits per heavy atom. The Bertz CT molecular complexity index is 696. The Kier molecular flexibility index (Phi) is 6.04. The summed E-state index contributed by atoms with van der Waals surface area (Å²) in [6.07, 6.45) is 3.42. The molecule has 0 spiro atoms. The predicted molar refractivity (Wildman–Crippen MR) is 116 cm³/mol. The minimum atomic E-state index is -2.48. The number of hydrogen-bond donors (Lipinski definition) is 1. The summed E-state index contributed by atoms with van der Waals surface area (Å²) in [4.78, 5) is 0. The van der Waals surface area contributed by atoms with Crippen molar-refractivity contribution in [2.45, 2.75) is 44.8 Å². The number of rotatable bonds is 7. The largest absolute Gasteiger partial charge is 0.407 e. The van der Waals surface area contributed by atoms with Gasteiger partial charge >= 0.3 is 0 Å².